The van der Waals surface area contributed by atoms with Crippen LogP contribution in [0.25, 0.3) is 10.9 Å². The summed E-state index contributed by atoms with van der Waals surface area (Å²) in [4.78, 5) is 6.00. The third-order valence-electron chi connectivity index (χ3n) is 5.89. The van der Waals surface area contributed by atoms with Crippen LogP contribution in [0.3, 0.4) is 0 Å². The van der Waals surface area contributed by atoms with Gasteiger partial charge in [0.25, 0.3) is 0 Å². The van der Waals surface area contributed by atoms with Crippen molar-refractivity contribution < 1.29 is 23.0 Å². The number of fused-ring (bicyclic) bond motifs is 1. The number of aromatic nitrogens is 1. The molecule has 1 aliphatic heterocycles. The van der Waals surface area contributed by atoms with Gasteiger partial charge in [-0.2, -0.15) is 13.2 Å². The predicted molar refractivity (Wildman–Crippen MR) is 121 cm³/mol. The fourth-order valence-electron chi connectivity index (χ4n) is 4.33. The van der Waals surface area contributed by atoms with E-state index in [1.807, 2.05) is 30.3 Å². The molecule has 0 bridgehead atoms. The summed E-state index contributed by atoms with van der Waals surface area (Å²) in [6, 6.07) is 17.7. The molecule has 3 aromatic rings. The van der Waals surface area contributed by atoms with Gasteiger partial charge in [-0.25, -0.2) is 4.98 Å². The number of para-hydroxylation sites is 1. The van der Waals surface area contributed by atoms with Gasteiger partial charge in [-0.1, -0.05) is 48.5 Å². The minimum absolute atomic E-state index is 0.0660. The first kappa shape index (κ1) is 23.4. The fraction of sp³-hybridized carbons (Fsp3) is 0.375. The summed E-state index contributed by atoms with van der Waals surface area (Å²) in [6.07, 6.45) is -6.06. The summed E-state index contributed by atoms with van der Waals surface area (Å²) >= 11 is 0. The molecule has 0 spiro atoms. The molecule has 1 saturated heterocycles. The summed E-state index contributed by atoms with van der Waals surface area (Å²) in [5.41, 5.74) is 0.0125. The number of aliphatic hydroxyl groups excluding tert-OH is 1. The van der Waals surface area contributed by atoms with Crippen LogP contribution >= 0.6 is 0 Å². The Labute approximate surface area is 190 Å². The van der Waals surface area contributed by atoms with Gasteiger partial charge in [0.1, 0.15) is 0 Å². The second-order valence-corrected chi connectivity index (χ2v) is 8.16. The van der Waals surface area contributed by atoms with Crippen molar-refractivity contribution in [3.8, 4) is 0 Å². The van der Waals surface area contributed by atoms with E-state index >= 15 is 0 Å². The first-order chi connectivity index (χ1) is 15.8. The van der Waals surface area contributed by atoms with Gasteiger partial charge < -0.3 is 15.2 Å². The van der Waals surface area contributed by atoms with Gasteiger partial charge in [-0.3, -0.25) is 10.2 Å². The van der Waals surface area contributed by atoms with Crippen molar-refractivity contribution in [3.05, 3.63) is 71.9 Å². The smallest absolute Gasteiger partial charge is 0.383 e. The first-order valence-electron chi connectivity index (χ1n) is 10.8. The minimum Gasteiger partial charge on any atom is -0.383 e. The number of alkyl halides is 3. The summed E-state index contributed by atoms with van der Waals surface area (Å²) in [5.74, 6) is 0.0660. The van der Waals surface area contributed by atoms with E-state index in [0.29, 0.717) is 18.5 Å². The number of nitrogens with zero attached hydrogens (tertiary/aromatic N) is 2. The van der Waals surface area contributed by atoms with Crippen LogP contribution in [0.2, 0.25) is 0 Å². The molecule has 0 saturated carbocycles. The number of anilines is 1. The van der Waals surface area contributed by atoms with Gasteiger partial charge in [0.15, 0.2) is 12.0 Å². The lowest BCUT2D eigenvalue weighted by molar-refractivity contribution is -0.140. The standard InChI is InChI=1S/C24H27F3N4O2/c1-33-12-11-31-14-18(16-7-3-2-4-8-16)21(15-31)30-23(32)29-20-13-17-9-5-6-10-19(17)28-22(20)24(25,26)27/h2-10,13,18,21,23,29-30,32H,11-12,14-15H2,1H3/t18-,21+,23?/m0/s1. The number of hydrogen-bond donors (Lipinski definition) is 3. The highest BCUT2D eigenvalue weighted by Gasteiger charge is 2.38. The largest absolute Gasteiger partial charge is 0.435 e. The zero-order valence-corrected chi connectivity index (χ0v) is 18.2. The number of hydrogen-bond acceptors (Lipinski definition) is 6. The molecular formula is C24H27F3N4O2. The summed E-state index contributed by atoms with van der Waals surface area (Å²) in [5, 5.41) is 16.9. The lowest BCUT2D eigenvalue weighted by Crippen LogP contribution is -2.46. The third-order valence-corrected chi connectivity index (χ3v) is 5.89. The molecule has 0 radical (unpaired) electrons. The van der Waals surface area contributed by atoms with Gasteiger partial charge in [0.2, 0.25) is 0 Å². The molecule has 1 aliphatic rings. The van der Waals surface area contributed by atoms with E-state index in [-0.39, 0.29) is 23.2 Å². The number of aliphatic hydroxyl groups is 1. The van der Waals surface area contributed by atoms with Gasteiger partial charge in [0.05, 0.1) is 17.8 Å². The van der Waals surface area contributed by atoms with Crippen molar-refractivity contribution in [1.82, 2.24) is 15.2 Å². The Morgan fingerprint density at radius 3 is 2.58 bits per heavy atom. The SMILES string of the molecule is COCCN1C[C@@H](NC(O)Nc2cc3ccccc3nc2C(F)(F)F)[C@H](c2ccccc2)C1. The van der Waals surface area contributed by atoms with Crippen molar-refractivity contribution in [2.45, 2.75) is 24.5 Å². The second-order valence-electron chi connectivity index (χ2n) is 8.16. The summed E-state index contributed by atoms with van der Waals surface area (Å²) in [7, 11) is 1.64. The zero-order chi connectivity index (χ0) is 23.4. The molecule has 4 rings (SSSR count). The molecule has 2 heterocycles. The second kappa shape index (κ2) is 10.0. The molecule has 0 aliphatic carbocycles. The molecule has 1 unspecified atom stereocenters. The minimum atomic E-state index is -4.66. The number of nitrogens with one attached hydrogen (secondary N) is 2. The predicted octanol–water partition coefficient (Wildman–Crippen LogP) is 3.65. The number of methoxy groups -OCH3 is 1. The average Bonchev–Trinajstić information content (AvgIpc) is 3.19. The van der Waals surface area contributed by atoms with Gasteiger partial charge in [-0.05, 0) is 17.7 Å². The Balaban J connectivity index is 1.54. The first-order valence-corrected chi connectivity index (χ1v) is 10.8. The maximum absolute atomic E-state index is 13.7. The third kappa shape index (κ3) is 5.62. The molecule has 33 heavy (non-hydrogen) atoms. The van der Waals surface area contributed by atoms with E-state index in [2.05, 4.69) is 20.5 Å². The normalized spacial score (nSPS) is 20.3. The topological polar surface area (TPSA) is 69.7 Å². The molecule has 1 fully saturated rings. The Morgan fingerprint density at radius 1 is 1.12 bits per heavy atom. The van der Waals surface area contributed by atoms with Crippen LogP contribution in [0.15, 0.2) is 60.7 Å². The zero-order valence-electron chi connectivity index (χ0n) is 18.2. The van der Waals surface area contributed by atoms with Crippen LogP contribution in [-0.2, 0) is 10.9 Å². The van der Waals surface area contributed by atoms with E-state index in [9.17, 15) is 18.3 Å². The van der Waals surface area contributed by atoms with Crippen molar-refractivity contribution >= 4 is 16.6 Å². The number of likely N-dealkylation sites (tertiary alicyclic amines) is 1. The van der Waals surface area contributed by atoms with Gasteiger partial charge in [-0.15, -0.1) is 0 Å². The Hall–Kier alpha value is -2.72. The number of pyridine rings is 1. The molecule has 2 aromatic carbocycles. The highest BCUT2D eigenvalue weighted by molar-refractivity contribution is 5.82. The number of halogens is 3. The van der Waals surface area contributed by atoms with Crippen LogP contribution in [-0.4, -0.2) is 60.7 Å². The maximum Gasteiger partial charge on any atom is 0.435 e. The maximum atomic E-state index is 13.7. The van der Waals surface area contributed by atoms with Crippen molar-refractivity contribution in [2.75, 3.05) is 38.7 Å². The molecule has 9 heteroatoms. The molecule has 1 aromatic heterocycles. The number of ether oxygens (including phenoxy) is 1. The fourth-order valence-corrected chi connectivity index (χ4v) is 4.33. The van der Waals surface area contributed by atoms with Crippen LogP contribution in [0.5, 0.6) is 0 Å². The summed E-state index contributed by atoms with van der Waals surface area (Å²) in [6.45, 7) is 2.69. The molecule has 3 atom stereocenters. The lowest BCUT2D eigenvalue weighted by atomic mass is 9.94. The van der Waals surface area contributed by atoms with Crippen LogP contribution < -0.4 is 10.6 Å². The van der Waals surface area contributed by atoms with Crippen LogP contribution in [0.1, 0.15) is 17.2 Å². The molecule has 0 amide bonds. The average molecular weight is 461 g/mol. The number of rotatable bonds is 8. The molecule has 6 nitrogen and oxygen atoms in total. The number of benzene rings is 2. The Bertz CT molecular complexity index is 1060. The van der Waals surface area contributed by atoms with Crippen LogP contribution in [0.4, 0.5) is 18.9 Å². The van der Waals surface area contributed by atoms with E-state index in [1.165, 1.54) is 12.1 Å². The molecular weight excluding hydrogens is 433 g/mol. The monoisotopic (exact) mass is 460 g/mol. The van der Waals surface area contributed by atoms with E-state index in [4.69, 9.17) is 4.74 Å². The van der Waals surface area contributed by atoms with E-state index < -0.39 is 18.2 Å². The van der Waals surface area contributed by atoms with Gasteiger partial charge in [0, 0.05) is 44.1 Å². The highest BCUT2D eigenvalue weighted by Crippen LogP contribution is 2.35. The van der Waals surface area contributed by atoms with E-state index in [1.54, 1.807) is 25.3 Å². The molecule has 3 N–H and O–H groups in total. The van der Waals surface area contributed by atoms with Crippen molar-refractivity contribution in [2.24, 2.45) is 0 Å². The van der Waals surface area contributed by atoms with Gasteiger partial charge >= 0.3 is 6.18 Å². The van der Waals surface area contributed by atoms with E-state index in [0.717, 1.165) is 18.7 Å². The Morgan fingerprint density at radius 2 is 1.85 bits per heavy atom. The summed E-state index contributed by atoms with van der Waals surface area (Å²) < 4.78 is 46.2. The quantitative estimate of drug-likeness (QED) is 0.446. The van der Waals surface area contributed by atoms with Crippen molar-refractivity contribution in [1.29, 1.82) is 0 Å². The molecule has 176 valence electrons. The lowest BCUT2D eigenvalue weighted by Gasteiger charge is -2.26. The van der Waals surface area contributed by atoms with Crippen LogP contribution in [0, 0.1) is 0 Å². The Kier molecular flexibility index (Phi) is 7.14. The van der Waals surface area contributed by atoms with Crippen molar-refractivity contribution in [3.63, 3.8) is 0 Å². The highest BCUT2D eigenvalue weighted by atomic mass is 19.4.